The van der Waals surface area contributed by atoms with E-state index in [4.69, 9.17) is 16.3 Å². The average Bonchev–Trinajstić information content (AvgIpc) is 2.73. The third-order valence-corrected chi connectivity index (χ3v) is 5.68. The minimum Gasteiger partial charge on any atom is -0.495 e. The Labute approximate surface area is 173 Å². The molecule has 0 aliphatic rings. The van der Waals surface area contributed by atoms with Crippen LogP contribution in [0, 0.1) is 0 Å². The summed E-state index contributed by atoms with van der Waals surface area (Å²) in [5, 5.41) is 2.92. The van der Waals surface area contributed by atoms with E-state index in [1.54, 1.807) is 30.6 Å². The first-order chi connectivity index (χ1) is 13.9. The Morgan fingerprint density at radius 3 is 2.62 bits per heavy atom. The molecule has 0 atom stereocenters. The number of sulfonamides is 1. The Hall–Kier alpha value is -3.10. The van der Waals surface area contributed by atoms with Gasteiger partial charge in [0.15, 0.2) is 0 Å². The number of amides is 1. The van der Waals surface area contributed by atoms with Crippen LogP contribution in [-0.4, -0.2) is 26.4 Å². The molecule has 9 heteroatoms. The molecular weight excluding hydrogens is 414 g/mol. The van der Waals surface area contributed by atoms with Gasteiger partial charge < -0.3 is 10.1 Å². The van der Waals surface area contributed by atoms with Gasteiger partial charge in [0.2, 0.25) is 0 Å². The summed E-state index contributed by atoms with van der Waals surface area (Å²) in [5.41, 5.74) is 1.18. The number of halogens is 1. The highest BCUT2D eigenvalue weighted by Gasteiger charge is 2.19. The van der Waals surface area contributed by atoms with Crippen LogP contribution in [0.1, 0.15) is 15.9 Å². The molecule has 0 aliphatic heterocycles. The molecule has 0 saturated carbocycles. The first-order valence-corrected chi connectivity index (χ1v) is 10.4. The number of carbonyl (C=O) groups is 1. The van der Waals surface area contributed by atoms with Gasteiger partial charge in [0.05, 0.1) is 28.3 Å². The molecule has 29 heavy (non-hydrogen) atoms. The lowest BCUT2D eigenvalue weighted by Gasteiger charge is -2.13. The van der Waals surface area contributed by atoms with Crippen molar-refractivity contribution in [3.05, 3.63) is 83.1 Å². The SMILES string of the molecule is COc1ccc(S(=O)(=O)Nc2ccccc2C(=O)NCc2cccnc2)cc1Cl. The van der Waals surface area contributed by atoms with Crippen molar-refractivity contribution in [2.24, 2.45) is 0 Å². The topological polar surface area (TPSA) is 97.4 Å². The average molecular weight is 432 g/mol. The van der Waals surface area contributed by atoms with Crippen molar-refractivity contribution in [2.45, 2.75) is 11.4 Å². The van der Waals surface area contributed by atoms with Gasteiger partial charge in [-0.05, 0) is 42.0 Å². The largest absolute Gasteiger partial charge is 0.495 e. The van der Waals surface area contributed by atoms with Gasteiger partial charge in [-0.3, -0.25) is 14.5 Å². The maximum Gasteiger partial charge on any atom is 0.261 e. The zero-order valence-corrected chi connectivity index (χ0v) is 17.0. The number of hydrogen-bond acceptors (Lipinski definition) is 5. The highest BCUT2D eigenvalue weighted by Crippen LogP contribution is 2.28. The minimum atomic E-state index is -3.96. The molecule has 0 fully saturated rings. The van der Waals surface area contributed by atoms with Crippen LogP contribution < -0.4 is 14.8 Å². The Morgan fingerprint density at radius 2 is 1.93 bits per heavy atom. The summed E-state index contributed by atoms with van der Waals surface area (Å²) in [7, 11) is -2.53. The lowest BCUT2D eigenvalue weighted by atomic mass is 10.1. The van der Waals surface area contributed by atoms with E-state index in [1.807, 2.05) is 6.07 Å². The van der Waals surface area contributed by atoms with E-state index >= 15 is 0 Å². The standard InChI is InChI=1S/C20H18ClN3O4S/c1-28-19-9-8-15(11-17(19)21)29(26,27)24-18-7-3-2-6-16(18)20(25)23-13-14-5-4-10-22-12-14/h2-12,24H,13H2,1H3,(H,23,25). The summed E-state index contributed by atoms with van der Waals surface area (Å²) >= 11 is 6.03. The van der Waals surface area contributed by atoms with Crippen molar-refractivity contribution in [2.75, 3.05) is 11.8 Å². The van der Waals surface area contributed by atoms with Gasteiger partial charge >= 0.3 is 0 Å². The van der Waals surface area contributed by atoms with Gasteiger partial charge in [-0.2, -0.15) is 0 Å². The van der Waals surface area contributed by atoms with Crippen LogP contribution in [0.25, 0.3) is 0 Å². The molecule has 2 N–H and O–H groups in total. The molecule has 1 aromatic heterocycles. The molecule has 0 bridgehead atoms. The van der Waals surface area contributed by atoms with Crippen molar-refractivity contribution in [3.63, 3.8) is 0 Å². The highest BCUT2D eigenvalue weighted by molar-refractivity contribution is 7.92. The maximum absolute atomic E-state index is 12.8. The number of pyridine rings is 1. The van der Waals surface area contributed by atoms with Gasteiger partial charge in [-0.15, -0.1) is 0 Å². The molecule has 3 rings (SSSR count). The monoisotopic (exact) mass is 431 g/mol. The molecule has 3 aromatic rings. The summed E-state index contributed by atoms with van der Waals surface area (Å²) < 4.78 is 33.0. The van der Waals surface area contributed by atoms with E-state index in [9.17, 15) is 13.2 Å². The van der Waals surface area contributed by atoms with Crippen molar-refractivity contribution in [3.8, 4) is 5.75 Å². The van der Waals surface area contributed by atoms with Crippen molar-refractivity contribution < 1.29 is 17.9 Å². The van der Waals surface area contributed by atoms with Crippen molar-refractivity contribution in [1.29, 1.82) is 0 Å². The fourth-order valence-electron chi connectivity index (χ4n) is 2.57. The molecule has 0 saturated heterocycles. The molecule has 0 spiro atoms. The Morgan fingerprint density at radius 1 is 1.14 bits per heavy atom. The summed E-state index contributed by atoms with van der Waals surface area (Å²) in [5.74, 6) is -0.0549. The smallest absolute Gasteiger partial charge is 0.261 e. The first kappa shape index (κ1) is 20.6. The Bertz CT molecular complexity index is 1120. The molecule has 1 heterocycles. The van der Waals surface area contributed by atoms with Crippen LogP contribution in [0.15, 0.2) is 71.9 Å². The van der Waals surface area contributed by atoms with Gasteiger partial charge in [0.25, 0.3) is 15.9 Å². The number of ether oxygens (including phenoxy) is 1. The summed E-state index contributed by atoms with van der Waals surface area (Å²) in [6.45, 7) is 0.266. The van der Waals surface area contributed by atoms with E-state index in [2.05, 4.69) is 15.0 Å². The van der Waals surface area contributed by atoms with E-state index < -0.39 is 15.9 Å². The summed E-state index contributed by atoms with van der Waals surface area (Å²) in [6, 6.07) is 14.1. The van der Waals surface area contributed by atoms with E-state index in [-0.39, 0.29) is 27.7 Å². The van der Waals surface area contributed by atoms with Crippen LogP contribution in [0.3, 0.4) is 0 Å². The maximum atomic E-state index is 12.8. The first-order valence-electron chi connectivity index (χ1n) is 8.53. The van der Waals surface area contributed by atoms with Crippen LogP contribution in [-0.2, 0) is 16.6 Å². The quantitative estimate of drug-likeness (QED) is 0.597. The lowest BCUT2D eigenvalue weighted by molar-refractivity contribution is 0.0952. The Kier molecular flexibility index (Phi) is 6.36. The fraction of sp³-hybridized carbons (Fsp3) is 0.100. The number of anilines is 1. The lowest BCUT2D eigenvalue weighted by Crippen LogP contribution is -2.25. The van der Waals surface area contributed by atoms with Crippen LogP contribution in [0.5, 0.6) is 5.75 Å². The number of nitrogens with zero attached hydrogens (tertiary/aromatic N) is 1. The van der Waals surface area contributed by atoms with Gasteiger partial charge in [-0.1, -0.05) is 29.8 Å². The zero-order chi connectivity index (χ0) is 20.9. The summed E-state index contributed by atoms with van der Waals surface area (Å²) in [4.78, 5) is 16.5. The number of rotatable bonds is 7. The summed E-state index contributed by atoms with van der Waals surface area (Å²) in [6.07, 6.45) is 3.28. The van der Waals surface area contributed by atoms with Crippen LogP contribution >= 0.6 is 11.6 Å². The number of hydrogen-bond donors (Lipinski definition) is 2. The second kappa shape index (κ2) is 8.93. The number of para-hydroxylation sites is 1. The molecule has 0 aliphatic carbocycles. The third-order valence-electron chi connectivity index (χ3n) is 4.03. The number of benzene rings is 2. The van der Waals surface area contributed by atoms with Crippen LogP contribution in [0.4, 0.5) is 5.69 Å². The van der Waals surface area contributed by atoms with Crippen molar-refractivity contribution >= 4 is 33.2 Å². The van der Waals surface area contributed by atoms with E-state index in [1.165, 1.54) is 37.4 Å². The molecule has 0 unspecified atom stereocenters. The predicted octanol–water partition coefficient (Wildman–Crippen LogP) is 3.47. The normalized spacial score (nSPS) is 11.0. The molecule has 1 amide bonds. The van der Waals surface area contributed by atoms with Gasteiger partial charge in [-0.25, -0.2) is 8.42 Å². The zero-order valence-electron chi connectivity index (χ0n) is 15.4. The third kappa shape index (κ3) is 5.04. The fourth-order valence-corrected chi connectivity index (χ4v) is 4.00. The number of aromatic nitrogens is 1. The van der Waals surface area contributed by atoms with Gasteiger partial charge in [0, 0.05) is 18.9 Å². The highest BCUT2D eigenvalue weighted by atomic mass is 35.5. The number of carbonyl (C=O) groups excluding carboxylic acids is 1. The molecule has 0 radical (unpaired) electrons. The molecular formula is C20H18ClN3O4S. The van der Waals surface area contributed by atoms with Crippen molar-refractivity contribution in [1.82, 2.24) is 10.3 Å². The predicted molar refractivity (Wildman–Crippen MR) is 111 cm³/mol. The minimum absolute atomic E-state index is 0.0473. The van der Waals surface area contributed by atoms with E-state index in [0.29, 0.717) is 5.75 Å². The second-order valence-corrected chi connectivity index (χ2v) is 8.08. The Balaban J connectivity index is 1.81. The molecule has 2 aromatic carbocycles. The number of methoxy groups -OCH3 is 1. The van der Waals surface area contributed by atoms with E-state index in [0.717, 1.165) is 5.56 Å². The van der Waals surface area contributed by atoms with Crippen LogP contribution in [0.2, 0.25) is 5.02 Å². The molecule has 150 valence electrons. The second-order valence-electron chi connectivity index (χ2n) is 5.99. The number of nitrogens with one attached hydrogen (secondary N) is 2. The molecule has 7 nitrogen and oxygen atoms in total. The van der Waals surface area contributed by atoms with Gasteiger partial charge in [0.1, 0.15) is 5.75 Å².